The molecule has 1 saturated carbocycles. The summed E-state index contributed by atoms with van der Waals surface area (Å²) in [6.45, 7) is 3.41. The molecule has 232 valence electrons. The monoisotopic (exact) mass is 651 g/mol. The Morgan fingerprint density at radius 1 is 1.05 bits per heavy atom. The van der Waals surface area contributed by atoms with Gasteiger partial charge in [-0.15, -0.1) is 0 Å². The fraction of sp³-hybridized carbons (Fsp3) is 0.552. The highest BCUT2D eigenvalue weighted by Gasteiger charge is 2.39. The van der Waals surface area contributed by atoms with Crippen LogP contribution in [0.4, 0.5) is 17.6 Å². The molecule has 1 aliphatic carbocycles. The smallest absolute Gasteiger partial charge is 0.341 e. The summed E-state index contributed by atoms with van der Waals surface area (Å²) >= 11 is 12.4. The minimum Gasteiger partial charge on any atom is -0.341 e. The number of amides is 1. The first-order chi connectivity index (χ1) is 19.6. The Morgan fingerprint density at radius 3 is 2.31 bits per heavy atom. The van der Waals surface area contributed by atoms with Gasteiger partial charge >= 0.3 is 6.18 Å². The number of likely N-dealkylation sites (N-methyl/N-ethyl adjacent to an activating group) is 1. The van der Waals surface area contributed by atoms with Crippen LogP contribution in [0.2, 0.25) is 10.0 Å². The van der Waals surface area contributed by atoms with E-state index in [4.69, 9.17) is 23.2 Å². The molecule has 1 amide bonds. The highest BCUT2D eigenvalue weighted by Crippen LogP contribution is 2.36. The van der Waals surface area contributed by atoms with E-state index in [0.29, 0.717) is 49.5 Å². The molecule has 1 N–H and O–H groups in total. The molecule has 1 unspecified atom stereocenters. The van der Waals surface area contributed by atoms with Gasteiger partial charge in [0, 0.05) is 19.6 Å². The van der Waals surface area contributed by atoms with Crippen LogP contribution in [0.15, 0.2) is 36.4 Å². The number of nitrogens with one attached hydrogen (secondary N) is 1. The van der Waals surface area contributed by atoms with Crippen LogP contribution in [-0.2, 0) is 33.0 Å². The minimum atomic E-state index is -4.86. The number of benzene rings is 2. The van der Waals surface area contributed by atoms with E-state index in [2.05, 4.69) is 9.62 Å². The molecule has 0 bridgehead atoms. The van der Waals surface area contributed by atoms with Crippen molar-refractivity contribution < 1.29 is 30.8 Å². The average molecular weight is 653 g/mol. The van der Waals surface area contributed by atoms with Gasteiger partial charge in [0.05, 0.1) is 26.8 Å². The molecular weight excluding hydrogens is 617 g/mol. The summed E-state index contributed by atoms with van der Waals surface area (Å²) in [5, 5.41) is 0.587. The Kier molecular flexibility index (Phi) is 10.2. The second-order valence-electron chi connectivity index (χ2n) is 11.6. The van der Waals surface area contributed by atoms with Crippen LogP contribution < -0.4 is 4.72 Å². The maximum Gasteiger partial charge on any atom is 0.419 e. The molecule has 13 heteroatoms. The molecule has 42 heavy (non-hydrogen) atoms. The van der Waals surface area contributed by atoms with Crippen molar-refractivity contribution in [2.75, 3.05) is 32.4 Å². The second-order valence-corrected chi connectivity index (χ2v) is 14.3. The van der Waals surface area contributed by atoms with Crippen LogP contribution in [0.25, 0.3) is 0 Å². The number of carbonyl (C=O) groups is 1. The molecule has 2 fully saturated rings. The molecule has 4 rings (SSSR count). The van der Waals surface area contributed by atoms with Crippen LogP contribution in [-0.4, -0.2) is 62.6 Å². The predicted molar refractivity (Wildman–Crippen MR) is 155 cm³/mol. The maximum atomic E-state index is 13.9. The molecule has 6 nitrogen and oxygen atoms in total. The number of halogens is 6. The van der Waals surface area contributed by atoms with Crippen LogP contribution in [0.5, 0.6) is 0 Å². The van der Waals surface area contributed by atoms with Crippen LogP contribution in [0.1, 0.15) is 55.7 Å². The lowest BCUT2D eigenvalue weighted by molar-refractivity contribution is -0.140. The standard InChI is InChI=1S/C29H35Cl2F4N3O3S/c1-28(21-6-7-24(30)25(31)16-21,27(39)37(2)17-20-5-8-26(32)23(15-20)29(33,34)35)11-14-38-12-9-22(10-13-38)36-42(40,41)18-19-3-4-19/h5-8,15-16,19,22,36H,3-4,9-14,17-18H2,1-2H3. The van der Waals surface area contributed by atoms with Crippen molar-refractivity contribution in [1.29, 1.82) is 0 Å². The van der Waals surface area contributed by atoms with E-state index in [1.165, 1.54) is 18.0 Å². The van der Waals surface area contributed by atoms with Gasteiger partial charge in [0.25, 0.3) is 0 Å². The van der Waals surface area contributed by atoms with Gasteiger partial charge < -0.3 is 9.80 Å². The Balaban J connectivity index is 1.46. The molecule has 0 radical (unpaired) electrons. The summed E-state index contributed by atoms with van der Waals surface area (Å²) < 4.78 is 81.2. The van der Waals surface area contributed by atoms with E-state index in [0.717, 1.165) is 25.0 Å². The maximum absolute atomic E-state index is 13.9. The van der Waals surface area contributed by atoms with E-state index in [1.54, 1.807) is 25.1 Å². The Bertz CT molecular complexity index is 1400. The highest BCUT2D eigenvalue weighted by atomic mass is 35.5. The number of rotatable bonds is 11. The molecule has 0 aromatic heterocycles. The summed E-state index contributed by atoms with van der Waals surface area (Å²) in [4.78, 5) is 17.4. The number of likely N-dealkylation sites (tertiary alicyclic amines) is 1. The third kappa shape index (κ3) is 8.37. The first-order valence-corrected chi connectivity index (χ1v) is 16.3. The first-order valence-electron chi connectivity index (χ1n) is 13.9. The Morgan fingerprint density at radius 2 is 1.71 bits per heavy atom. The topological polar surface area (TPSA) is 69.7 Å². The zero-order chi connectivity index (χ0) is 30.9. The van der Waals surface area contributed by atoms with Gasteiger partial charge in [-0.3, -0.25) is 4.79 Å². The highest BCUT2D eigenvalue weighted by molar-refractivity contribution is 7.89. The summed E-state index contributed by atoms with van der Waals surface area (Å²) in [6.07, 6.45) is -1.28. The summed E-state index contributed by atoms with van der Waals surface area (Å²) in [5.74, 6) is -1.27. The Hall–Kier alpha value is -1.92. The molecular formula is C29H35Cl2F4N3O3S. The number of carbonyl (C=O) groups excluding carboxylic acids is 1. The number of nitrogens with zero attached hydrogens (tertiary/aromatic N) is 2. The predicted octanol–water partition coefficient (Wildman–Crippen LogP) is 6.25. The zero-order valence-corrected chi connectivity index (χ0v) is 25.8. The van der Waals surface area contributed by atoms with Crippen molar-refractivity contribution in [3.63, 3.8) is 0 Å². The van der Waals surface area contributed by atoms with Crippen molar-refractivity contribution in [3.8, 4) is 0 Å². The van der Waals surface area contributed by atoms with Crippen LogP contribution in [0.3, 0.4) is 0 Å². The molecule has 0 spiro atoms. The number of hydrogen-bond acceptors (Lipinski definition) is 4. The number of sulfonamides is 1. The van der Waals surface area contributed by atoms with Crippen molar-refractivity contribution in [1.82, 2.24) is 14.5 Å². The molecule has 1 saturated heterocycles. The fourth-order valence-corrected chi connectivity index (χ4v) is 7.51. The van der Waals surface area contributed by atoms with Gasteiger partial charge in [0.1, 0.15) is 5.82 Å². The summed E-state index contributed by atoms with van der Waals surface area (Å²) in [6, 6.07) is 7.50. The summed E-state index contributed by atoms with van der Waals surface area (Å²) in [5.41, 5.74) is -1.75. The van der Waals surface area contributed by atoms with E-state index >= 15 is 0 Å². The van der Waals surface area contributed by atoms with Gasteiger partial charge in [0.2, 0.25) is 15.9 Å². The van der Waals surface area contributed by atoms with E-state index < -0.39 is 33.0 Å². The van der Waals surface area contributed by atoms with Crippen LogP contribution in [0, 0.1) is 11.7 Å². The molecule has 2 aliphatic rings. The molecule has 2 aromatic rings. The van der Waals surface area contributed by atoms with Gasteiger partial charge in [0.15, 0.2) is 0 Å². The average Bonchev–Trinajstić information content (AvgIpc) is 3.72. The fourth-order valence-electron chi connectivity index (χ4n) is 5.42. The molecule has 1 heterocycles. The molecule has 2 aromatic carbocycles. The van der Waals surface area contributed by atoms with E-state index in [9.17, 15) is 30.8 Å². The summed E-state index contributed by atoms with van der Waals surface area (Å²) in [7, 11) is -1.81. The zero-order valence-electron chi connectivity index (χ0n) is 23.5. The molecule has 1 atom stereocenters. The largest absolute Gasteiger partial charge is 0.419 e. The van der Waals surface area contributed by atoms with Gasteiger partial charge in [-0.05, 0) is 100.0 Å². The van der Waals surface area contributed by atoms with Crippen molar-refractivity contribution in [2.45, 2.75) is 63.2 Å². The second kappa shape index (κ2) is 13.0. The van der Waals surface area contributed by atoms with Crippen molar-refractivity contribution in [3.05, 3.63) is 69.0 Å². The van der Waals surface area contributed by atoms with Gasteiger partial charge in [-0.1, -0.05) is 35.3 Å². The number of piperidine rings is 1. The quantitative estimate of drug-likeness (QED) is 0.292. The van der Waals surface area contributed by atoms with Crippen molar-refractivity contribution in [2.24, 2.45) is 5.92 Å². The van der Waals surface area contributed by atoms with Crippen LogP contribution >= 0.6 is 23.2 Å². The minimum absolute atomic E-state index is 0.128. The third-order valence-corrected chi connectivity index (χ3v) is 10.5. The van der Waals surface area contributed by atoms with E-state index in [-0.39, 0.29) is 40.8 Å². The van der Waals surface area contributed by atoms with Gasteiger partial charge in [-0.2, -0.15) is 13.2 Å². The lowest BCUT2D eigenvalue weighted by atomic mass is 9.77. The number of hydrogen-bond donors (Lipinski definition) is 1. The first kappa shape index (κ1) is 33.0. The van der Waals surface area contributed by atoms with E-state index in [1.807, 2.05) is 0 Å². The lowest BCUT2D eigenvalue weighted by Crippen LogP contribution is -2.48. The molecule has 1 aliphatic heterocycles. The normalized spacial score (nSPS) is 18.6. The SMILES string of the molecule is CN(Cc1ccc(F)c(C(F)(F)F)c1)C(=O)C(C)(CCN1CCC(NS(=O)(=O)CC2CC2)CC1)c1ccc(Cl)c(Cl)c1. The number of alkyl halides is 3. The lowest BCUT2D eigenvalue weighted by Gasteiger charge is -2.37. The Labute approximate surface area is 254 Å². The van der Waals surface area contributed by atoms with Gasteiger partial charge in [-0.25, -0.2) is 17.5 Å². The third-order valence-electron chi connectivity index (χ3n) is 8.15. The van der Waals surface area contributed by atoms with Crippen molar-refractivity contribution >= 4 is 39.1 Å².